The van der Waals surface area contributed by atoms with Crippen LogP contribution in [0.1, 0.15) is 6.42 Å². The average Bonchev–Trinajstić information content (AvgIpc) is 2.66. The minimum Gasteiger partial charge on any atom is -0.395 e. The van der Waals surface area contributed by atoms with Gasteiger partial charge in [0.1, 0.15) is 0 Å². The highest BCUT2D eigenvalue weighted by atomic mass is 32.2. The van der Waals surface area contributed by atoms with Gasteiger partial charge in [0.05, 0.1) is 24.7 Å². The molecule has 1 heterocycles. The normalized spacial score (nSPS) is 21.8. The molecular weight excluding hydrogens is 276 g/mol. The van der Waals surface area contributed by atoms with E-state index in [0.29, 0.717) is 31.2 Å². The predicted octanol–water partition coefficient (Wildman–Crippen LogP) is -1.42. The minimum atomic E-state index is -2.86. The molecule has 1 fully saturated rings. The maximum absolute atomic E-state index is 11.3. The number of nitrogens with zero attached hydrogens (tertiary/aromatic N) is 1. The number of nitrogens with one attached hydrogen (secondary N) is 1. The van der Waals surface area contributed by atoms with Gasteiger partial charge in [-0.25, -0.2) is 8.42 Å². The molecule has 0 radical (unpaired) electrons. The van der Waals surface area contributed by atoms with E-state index in [0.717, 1.165) is 0 Å². The number of hydrogen-bond donors (Lipinski definition) is 3. The molecule has 1 aliphatic rings. The van der Waals surface area contributed by atoms with E-state index in [4.69, 9.17) is 22.4 Å². The minimum absolute atomic E-state index is 0.0420. The smallest absolute Gasteiger partial charge is 0.169 e. The second-order valence-corrected chi connectivity index (χ2v) is 7.00. The number of thiocarbonyl (C=S) groups is 1. The van der Waals surface area contributed by atoms with E-state index in [-0.39, 0.29) is 30.6 Å². The molecule has 1 rings (SSSR count). The van der Waals surface area contributed by atoms with Crippen molar-refractivity contribution < 1.29 is 18.6 Å². The van der Waals surface area contributed by atoms with Crippen molar-refractivity contribution in [2.45, 2.75) is 6.42 Å². The Hall–Kier alpha value is -0.440. The molecule has 0 aromatic heterocycles. The molecule has 0 aromatic carbocycles. The van der Waals surface area contributed by atoms with Crippen molar-refractivity contribution >= 4 is 27.2 Å². The first-order valence-corrected chi connectivity index (χ1v) is 8.16. The molecule has 8 heteroatoms. The van der Waals surface area contributed by atoms with Crippen LogP contribution in [0.15, 0.2) is 0 Å². The number of sulfone groups is 1. The summed E-state index contributed by atoms with van der Waals surface area (Å²) in [5, 5.41) is 21.2. The summed E-state index contributed by atoms with van der Waals surface area (Å²) in [5.74, 6) is 0.559. The molecule has 6 nitrogen and oxygen atoms in total. The highest BCUT2D eigenvalue weighted by Gasteiger charge is 2.27. The summed E-state index contributed by atoms with van der Waals surface area (Å²) < 4.78 is 22.6. The average molecular weight is 296 g/mol. The molecule has 1 aliphatic heterocycles. The first-order valence-electron chi connectivity index (χ1n) is 5.93. The van der Waals surface area contributed by atoms with Gasteiger partial charge in [0, 0.05) is 19.6 Å². The Morgan fingerprint density at radius 3 is 2.39 bits per heavy atom. The third-order valence-corrected chi connectivity index (χ3v) is 5.14. The molecule has 0 aromatic rings. The first kappa shape index (κ1) is 15.6. The van der Waals surface area contributed by atoms with Crippen molar-refractivity contribution in [1.82, 2.24) is 10.2 Å². The molecule has 18 heavy (non-hydrogen) atoms. The summed E-state index contributed by atoms with van der Waals surface area (Å²) in [6.45, 7) is 1.15. The van der Waals surface area contributed by atoms with Crippen LogP contribution in [-0.2, 0) is 9.84 Å². The Morgan fingerprint density at radius 2 is 1.94 bits per heavy atom. The third-order valence-electron chi connectivity index (χ3n) is 2.90. The van der Waals surface area contributed by atoms with Gasteiger partial charge in [0.15, 0.2) is 14.9 Å². The van der Waals surface area contributed by atoms with Gasteiger partial charge in [0.25, 0.3) is 0 Å². The fraction of sp³-hybridized carbons (Fsp3) is 0.900. The second-order valence-electron chi connectivity index (χ2n) is 4.39. The number of aliphatic hydroxyl groups excluding tert-OH is 2. The van der Waals surface area contributed by atoms with Crippen LogP contribution in [0.25, 0.3) is 0 Å². The van der Waals surface area contributed by atoms with Crippen molar-refractivity contribution in [1.29, 1.82) is 0 Å². The third kappa shape index (κ3) is 5.05. The van der Waals surface area contributed by atoms with Gasteiger partial charge < -0.3 is 20.4 Å². The summed E-state index contributed by atoms with van der Waals surface area (Å²) >= 11 is 5.14. The molecule has 3 N–H and O–H groups in total. The van der Waals surface area contributed by atoms with Gasteiger partial charge in [-0.2, -0.15) is 0 Å². The highest BCUT2D eigenvalue weighted by Crippen LogP contribution is 2.17. The van der Waals surface area contributed by atoms with E-state index in [1.54, 1.807) is 4.90 Å². The Morgan fingerprint density at radius 1 is 1.33 bits per heavy atom. The summed E-state index contributed by atoms with van der Waals surface area (Å²) in [7, 11) is -2.86. The lowest BCUT2D eigenvalue weighted by molar-refractivity contribution is 0.211. The van der Waals surface area contributed by atoms with E-state index in [9.17, 15) is 8.42 Å². The Labute approximate surface area is 113 Å². The van der Waals surface area contributed by atoms with Gasteiger partial charge in [-0.15, -0.1) is 0 Å². The van der Waals surface area contributed by atoms with Crippen molar-refractivity contribution in [3.63, 3.8) is 0 Å². The summed E-state index contributed by atoms with van der Waals surface area (Å²) in [5.41, 5.74) is 0. The van der Waals surface area contributed by atoms with E-state index < -0.39 is 9.84 Å². The first-order chi connectivity index (χ1) is 8.48. The Balaban J connectivity index is 2.35. The molecule has 1 saturated heterocycles. The molecule has 0 amide bonds. The molecule has 0 bridgehead atoms. The summed E-state index contributed by atoms with van der Waals surface area (Å²) in [4.78, 5) is 1.67. The summed E-state index contributed by atoms with van der Waals surface area (Å²) in [6.07, 6.45) is 0.665. The van der Waals surface area contributed by atoms with E-state index in [1.807, 2.05) is 0 Å². The molecule has 1 atom stereocenters. The largest absolute Gasteiger partial charge is 0.395 e. The highest BCUT2D eigenvalue weighted by molar-refractivity contribution is 7.91. The number of hydrogen-bond acceptors (Lipinski definition) is 5. The van der Waals surface area contributed by atoms with Crippen LogP contribution in [0.2, 0.25) is 0 Å². The molecule has 106 valence electrons. The zero-order valence-electron chi connectivity index (χ0n) is 10.2. The molecule has 0 spiro atoms. The van der Waals surface area contributed by atoms with Crippen LogP contribution in [0, 0.1) is 5.92 Å². The van der Waals surface area contributed by atoms with Crippen molar-refractivity contribution in [2.75, 3.05) is 44.4 Å². The lowest BCUT2D eigenvalue weighted by Crippen LogP contribution is -2.44. The van der Waals surface area contributed by atoms with Crippen LogP contribution < -0.4 is 5.32 Å². The fourth-order valence-electron chi connectivity index (χ4n) is 1.93. The molecule has 1 unspecified atom stereocenters. The topological polar surface area (TPSA) is 89.9 Å². The van der Waals surface area contributed by atoms with Crippen LogP contribution in [-0.4, -0.2) is 73.0 Å². The van der Waals surface area contributed by atoms with Gasteiger partial charge in [-0.3, -0.25) is 0 Å². The lowest BCUT2D eigenvalue weighted by atomic mass is 10.1. The van der Waals surface area contributed by atoms with Crippen LogP contribution in [0.3, 0.4) is 0 Å². The van der Waals surface area contributed by atoms with Crippen molar-refractivity contribution in [3.05, 3.63) is 0 Å². The number of rotatable bonds is 6. The monoisotopic (exact) mass is 296 g/mol. The predicted molar refractivity (Wildman–Crippen MR) is 73.1 cm³/mol. The van der Waals surface area contributed by atoms with Crippen molar-refractivity contribution in [3.8, 4) is 0 Å². The van der Waals surface area contributed by atoms with E-state index in [2.05, 4.69) is 5.32 Å². The lowest BCUT2D eigenvalue weighted by Gasteiger charge is -2.25. The van der Waals surface area contributed by atoms with Crippen LogP contribution >= 0.6 is 12.2 Å². The zero-order valence-corrected chi connectivity index (χ0v) is 11.8. The van der Waals surface area contributed by atoms with E-state index >= 15 is 0 Å². The second kappa shape index (κ2) is 7.22. The number of aliphatic hydroxyl groups is 2. The standard InChI is InChI=1S/C10H20N2O4S2/c13-4-2-12(3-5-14)10(17)11-7-9-1-6-18(15,16)8-9/h9,13-14H,1-8H2,(H,11,17). The van der Waals surface area contributed by atoms with Crippen LogP contribution in [0.5, 0.6) is 0 Å². The van der Waals surface area contributed by atoms with Gasteiger partial charge in [-0.05, 0) is 24.6 Å². The Kier molecular flexibility index (Phi) is 6.27. The summed E-state index contributed by atoms with van der Waals surface area (Å²) in [6, 6.07) is 0. The molecule has 0 aliphatic carbocycles. The SMILES string of the molecule is O=S1(=O)CCC(CNC(=S)N(CCO)CCO)C1. The van der Waals surface area contributed by atoms with E-state index in [1.165, 1.54) is 0 Å². The van der Waals surface area contributed by atoms with Crippen molar-refractivity contribution in [2.24, 2.45) is 5.92 Å². The molecule has 0 saturated carbocycles. The van der Waals surface area contributed by atoms with Gasteiger partial charge in [0.2, 0.25) is 0 Å². The fourth-order valence-corrected chi connectivity index (χ4v) is 4.06. The maximum Gasteiger partial charge on any atom is 0.169 e. The van der Waals surface area contributed by atoms with Crippen LogP contribution in [0.4, 0.5) is 0 Å². The Bertz CT molecular complexity index is 366. The zero-order chi connectivity index (χ0) is 13.6. The van der Waals surface area contributed by atoms with Gasteiger partial charge in [-0.1, -0.05) is 0 Å². The quantitative estimate of drug-likeness (QED) is 0.518. The van der Waals surface area contributed by atoms with Gasteiger partial charge >= 0.3 is 0 Å². The maximum atomic E-state index is 11.3. The molecular formula is C10H20N2O4S2.